The molecule has 2 nitrogen and oxygen atoms in total. The van der Waals surface area contributed by atoms with E-state index >= 15 is 0 Å². The molecule has 1 aromatic rings. The molecule has 1 unspecified atom stereocenters. The number of nitrogens with one attached hydrogen (secondary N) is 1. The van der Waals surface area contributed by atoms with Crippen LogP contribution in [0.25, 0.3) is 0 Å². The van der Waals surface area contributed by atoms with Gasteiger partial charge in [0.25, 0.3) is 0 Å². The first kappa shape index (κ1) is 13.7. The third kappa shape index (κ3) is 3.58. The molecule has 16 heavy (non-hydrogen) atoms. The number of nitrogens with two attached hydrogens (primary N) is 1. The molecule has 0 aromatic carbocycles. The standard InChI is InChI=1S/C13H24N2S/c1-5-8-15-10(9-14)11-6-7-12(16-11)13(2,3)4/h6-7,10,15H,5,8-9,14H2,1-4H3. The smallest absolute Gasteiger partial charge is 0.0539 e. The molecule has 0 aliphatic heterocycles. The van der Waals surface area contributed by atoms with Crippen molar-refractivity contribution in [3.05, 3.63) is 21.9 Å². The molecule has 0 amide bonds. The molecule has 3 heteroatoms. The van der Waals surface area contributed by atoms with E-state index in [-0.39, 0.29) is 5.41 Å². The number of hydrogen-bond acceptors (Lipinski definition) is 3. The first-order valence-corrected chi connectivity index (χ1v) is 6.84. The van der Waals surface area contributed by atoms with Gasteiger partial charge in [-0.15, -0.1) is 11.3 Å². The first-order valence-electron chi connectivity index (χ1n) is 6.02. The minimum absolute atomic E-state index is 0.243. The van der Waals surface area contributed by atoms with Crippen molar-refractivity contribution in [2.24, 2.45) is 5.73 Å². The van der Waals surface area contributed by atoms with Gasteiger partial charge < -0.3 is 11.1 Å². The molecule has 0 saturated carbocycles. The van der Waals surface area contributed by atoms with Crippen LogP contribution in [0.5, 0.6) is 0 Å². The maximum Gasteiger partial charge on any atom is 0.0539 e. The summed E-state index contributed by atoms with van der Waals surface area (Å²) in [6.45, 7) is 10.6. The summed E-state index contributed by atoms with van der Waals surface area (Å²) in [6, 6.07) is 4.77. The second-order valence-corrected chi connectivity index (χ2v) is 6.31. The number of rotatable bonds is 5. The Hall–Kier alpha value is -0.380. The van der Waals surface area contributed by atoms with E-state index in [0.29, 0.717) is 12.6 Å². The summed E-state index contributed by atoms with van der Waals surface area (Å²) < 4.78 is 0. The monoisotopic (exact) mass is 240 g/mol. The van der Waals surface area contributed by atoms with Crippen LogP contribution >= 0.6 is 11.3 Å². The van der Waals surface area contributed by atoms with Crippen LogP contribution in [0.4, 0.5) is 0 Å². The largest absolute Gasteiger partial charge is 0.329 e. The van der Waals surface area contributed by atoms with Gasteiger partial charge in [-0.25, -0.2) is 0 Å². The van der Waals surface area contributed by atoms with Crippen molar-refractivity contribution in [3.63, 3.8) is 0 Å². The number of hydrogen-bond donors (Lipinski definition) is 2. The van der Waals surface area contributed by atoms with Gasteiger partial charge in [0.1, 0.15) is 0 Å². The Balaban J connectivity index is 2.75. The summed E-state index contributed by atoms with van der Waals surface area (Å²) in [7, 11) is 0. The molecule has 92 valence electrons. The van der Waals surface area contributed by atoms with Gasteiger partial charge in [0.15, 0.2) is 0 Å². The molecule has 0 radical (unpaired) electrons. The van der Waals surface area contributed by atoms with Gasteiger partial charge >= 0.3 is 0 Å². The van der Waals surface area contributed by atoms with Crippen molar-refractivity contribution >= 4 is 11.3 Å². The Kier molecular flexibility index (Phi) is 4.96. The SMILES string of the molecule is CCCNC(CN)c1ccc(C(C)(C)C)s1. The maximum atomic E-state index is 5.81. The van der Waals surface area contributed by atoms with Crippen molar-refractivity contribution in [3.8, 4) is 0 Å². The lowest BCUT2D eigenvalue weighted by atomic mass is 9.95. The van der Waals surface area contributed by atoms with Crippen LogP contribution in [0.15, 0.2) is 12.1 Å². The number of thiophene rings is 1. The quantitative estimate of drug-likeness (QED) is 0.830. The molecule has 0 fully saturated rings. The van der Waals surface area contributed by atoms with Crippen LogP contribution in [0, 0.1) is 0 Å². The minimum atomic E-state index is 0.243. The molecule has 1 rings (SSSR count). The molecule has 0 bridgehead atoms. The van der Waals surface area contributed by atoms with E-state index in [2.05, 4.69) is 45.1 Å². The molecule has 1 atom stereocenters. The summed E-state index contributed by atoms with van der Waals surface area (Å²) in [5.74, 6) is 0. The molecule has 3 N–H and O–H groups in total. The molecule has 0 aliphatic carbocycles. The van der Waals surface area contributed by atoms with E-state index in [1.54, 1.807) is 0 Å². The molecule has 0 spiro atoms. The van der Waals surface area contributed by atoms with Gasteiger partial charge in [0.2, 0.25) is 0 Å². The minimum Gasteiger partial charge on any atom is -0.329 e. The highest BCUT2D eigenvalue weighted by molar-refractivity contribution is 7.12. The summed E-state index contributed by atoms with van der Waals surface area (Å²) in [6.07, 6.45) is 1.15. The zero-order chi connectivity index (χ0) is 12.2. The topological polar surface area (TPSA) is 38.0 Å². The molecule has 1 aromatic heterocycles. The van der Waals surface area contributed by atoms with Crippen molar-refractivity contribution in [2.45, 2.75) is 45.6 Å². The van der Waals surface area contributed by atoms with E-state index in [1.807, 2.05) is 11.3 Å². The van der Waals surface area contributed by atoms with Crippen LogP contribution in [0.2, 0.25) is 0 Å². The van der Waals surface area contributed by atoms with Crippen molar-refractivity contribution in [1.29, 1.82) is 0 Å². The fourth-order valence-corrected chi connectivity index (χ4v) is 2.72. The molecular weight excluding hydrogens is 216 g/mol. The van der Waals surface area contributed by atoms with E-state index in [9.17, 15) is 0 Å². The Morgan fingerprint density at radius 1 is 1.38 bits per heavy atom. The van der Waals surface area contributed by atoms with Gasteiger partial charge in [0.05, 0.1) is 6.04 Å². The van der Waals surface area contributed by atoms with Crippen LogP contribution in [-0.4, -0.2) is 13.1 Å². The first-order chi connectivity index (χ1) is 7.49. The lowest BCUT2D eigenvalue weighted by Crippen LogP contribution is -2.28. The molecular formula is C13H24N2S. The van der Waals surface area contributed by atoms with Crippen molar-refractivity contribution < 1.29 is 0 Å². The Morgan fingerprint density at radius 2 is 2.06 bits per heavy atom. The Bertz CT molecular complexity index is 312. The van der Waals surface area contributed by atoms with Crippen LogP contribution < -0.4 is 11.1 Å². The summed E-state index contributed by atoms with van der Waals surface area (Å²) in [5, 5.41) is 3.49. The highest BCUT2D eigenvalue weighted by Crippen LogP contribution is 2.32. The summed E-state index contributed by atoms with van der Waals surface area (Å²) in [4.78, 5) is 2.79. The van der Waals surface area contributed by atoms with Gasteiger partial charge in [-0.3, -0.25) is 0 Å². The van der Waals surface area contributed by atoms with Gasteiger partial charge in [-0.1, -0.05) is 27.7 Å². The Labute approximate surface area is 103 Å². The summed E-state index contributed by atoms with van der Waals surface area (Å²) >= 11 is 1.88. The van der Waals surface area contributed by atoms with Crippen molar-refractivity contribution in [2.75, 3.05) is 13.1 Å². The maximum absolute atomic E-state index is 5.81. The second-order valence-electron chi connectivity index (χ2n) is 5.19. The highest BCUT2D eigenvalue weighted by Gasteiger charge is 2.18. The fourth-order valence-electron chi connectivity index (χ4n) is 1.56. The lowest BCUT2D eigenvalue weighted by molar-refractivity contribution is 0.547. The van der Waals surface area contributed by atoms with E-state index in [0.717, 1.165) is 13.0 Å². The van der Waals surface area contributed by atoms with Crippen LogP contribution in [-0.2, 0) is 5.41 Å². The van der Waals surface area contributed by atoms with E-state index in [1.165, 1.54) is 9.75 Å². The fraction of sp³-hybridized carbons (Fsp3) is 0.692. The Morgan fingerprint density at radius 3 is 2.50 bits per heavy atom. The zero-order valence-electron chi connectivity index (χ0n) is 10.8. The van der Waals surface area contributed by atoms with E-state index < -0.39 is 0 Å². The van der Waals surface area contributed by atoms with E-state index in [4.69, 9.17) is 5.73 Å². The third-order valence-electron chi connectivity index (χ3n) is 2.59. The van der Waals surface area contributed by atoms with Gasteiger partial charge in [-0.05, 0) is 30.5 Å². The average molecular weight is 240 g/mol. The van der Waals surface area contributed by atoms with Crippen molar-refractivity contribution in [1.82, 2.24) is 5.32 Å². The molecule has 0 aliphatic rings. The predicted octanol–water partition coefficient (Wildman–Crippen LogP) is 3.05. The van der Waals surface area contributed by atoms with Gasteiger partial charge in [-0.2, -0.15) is 0 Å². The predicted molar refractivity (Wildman–Crippen MR) is 73.1 cm³/mol. The summed E-state index contributed by atoms with van der Waals surface area (Å²) in [5.41, 5.74) is 6.05. The van der Waals surface area contributed by atoms with Gasteiger partial charge in [0, 0.05) is 16.3 Å². The average Bonchev–Trinajstić information content (AvgIpc) is 2.68. The van der Waals surface area contributed by atoms with Crippen LogP contribution in [0.1, 0.15) is 49.9 Å². The third-order valence-corrected chi connectivity index (χ3v) is 4.21. The normalized spacial score (nSPS) is 14.1. The highest BCUT2D eigenvalue weighted by atomic mass is 32.1. The molecule has 0 saturated heterocycles. The zero-order valence-corrected chi connectivity index (χ0v) is 11.7. The lowest BCUT2D eigenvalue weighted by Gasteiger charge is -2.17. The van der Waals surface area contributed by atoms with Crippen LogP contribution in [0.3, 0.4) is 0 Å². The second kappa shape index (κ2) is 5.80. The molecule has 1 heterocycles.